The molecule has 2 aromatic heterocycles. The average molecular weight is 553 g/mol. The summed E-state index contributed by atoms with van der Waals surface area (Å²) in [6.07, 6.45) is 0. The number of carbonyl (C=O) groups excluding carboxylic acids is 2. The minimum absolute atomic E-state index is 0.0387. The molecule has 40 heavy (non-hydrogen) atoms. The third-order valence-electron chi connectivity index (χ3n) is 6.83. The van der Waals surface area contributed by atoms with Crippen molar-refractivity contribution in [2.24, 2.45) is 0 Å². The highest BCUT2D eigenvalue weighted by Gasteiger charge is 2.45. The Bertz CT molecular complexity index is 1830. The number of hydrogen-bond acceptors (Lipinski definition) is 8. The maximum Gasteiger partial charge on any atom is 0.350 e. The Morgan fingerprint density at radius 3 is 2.50 bits per heavy atom. The number of rotatable bonds is 6. The quantitative estimate of drug-likeness (QED) is 0.239. The van der Waals surface area contributed by atoms with E-state index in [4.69, 9.17) is 13.9 Å². The molecule has 1 amide bonds. The minimum Gasteiger partial charge on any atom is -0.489 e. The Labute approximate surface area is 233 Å². The Morgan fingerprint density at radius 1 is 1.02 bits per heavy atom. The number of aryl methyl sites for hydroxylation is 2. The molecule has 0 saturated carbocycles. The van der Waals surface area contributed by atoms with Crippen LogP contribution in [0.4, 0.5) is 5.13 Å². The second-order valence-corrected chi connectivity index (χ2v) is 10.5. The molecule has 1 aliphatic heterocycles. The van der Waals surface area contributed by atoms with E-state index in [1.807, 2.05) is 55.5 Å². The summed E-state index contributed by atoms with van der Waals surface area (Å²) in [6, 6.07) is 21.5. The van der Waals surface area contributed by atoms with Crippen LogP contribution in [0, 0.1) is 13.8 Å². The van der Waals surface area contributed by atoms with Gasteiger partial charge in [0.1, 0.15) is 22.8 Å². The smallest absolute Gasteiger partial charge is 0.350 e. The van der Waals surface area contributed by atoms with Crippen LogP contribution in [0.15, 0.2) is 82.0 Å². The monoisotopic (exact) mass is 552 g/mol. The van der Waals surface area contributed by atoms with Crippen LogP contribution in [0.2, 0.25) is 0 Å². The van der Waals surface area contributed by atoms with E-state index in [0.717, 1.165) is 22.5 Å². The fourth-order valence-corrected chi connectivity index (χ4v) is 5.87. The van der Waals surface area contributed by atoms with Gasteiger partial charge in [0.25, 0.3) is 5.91 Å². The predicted octanol–water partition coefficient (Wildman–Crippen LogP) is 5.98. The molecule has 200 valence electrons. The molecular weight excluding hydrogens is 528 g/mol. The molecule has 0 saturated heterocycles. The Hall–Kier alpha value is -4.76. The van der Waals surface area contributed by atoms with Gasteiger partial charge in [-0.1, -0.05) is 65.4 Å². The summed E-state index contributed by atoms with van der Waals surface area (Å²) in [5, 5.41) is 0.662. The SMILES string of the molecule is COC(=O)c1sc(N2C(=O)c3oc4ccc(C)cc4c(=O)c3C2c2ccc(OCc3ccccc3)cc2)nc1C. The molecule has 8 nitrogen and oxygen atoms in total. The van der Waals surface area contributed by atoms with E-state index >= 15 is 0 Å². The molecule has 0 radical (unpaired) electrons. The number of aromatic nitrogens is 1. The molecule has 0 spiro atoms. The first kappa shape index (κ1) is 25.5. The topological polar surface area (TPSA) is 98.9 Å². The lowest BCUT2D eigenvalue weighted by Crippen LogP contribution is -2.29. The van der Waals surface area contributed by atoms with Crippen LogP contribution in [0.3, 0.4) is 0 Å². The van der Waals surface area contributed by atoms with Gasteiger partial charge in [0.15, 0.2) is 10.6 Å². The van der Waals surface area contributed by atoms with Crippen LogP contribution in [0.1, 0.15) is 54.2 Å². The number of carbonyl (C=O) groups is 2. The summed E-state index contributed by atoms with van der Waals surface area (Å²) >= 11 is 1.03. The van der Waals surface area contributed by atoms with Crippen molar-refractivity contribution in [3.63, 3.8) is 0 Å². The molecule has 0 fully saturated rings. The Kier molecular flexibility index (Phi) is 6.43. The molecule has 0 bridgehead atoms. The number of fused-ring (bicyclic) bond motifs is 2. The largest absolute Gasteiger partial charge is 0.489 e. The first-order chi connectivity index (χ1) is 19.4. The summed E-state index contributed by atoms with van der Waals surface area (Å²) in [5.41, 5.74) is 3.31. The normalized spacial score (nSPS) is 14.4. The van der Waals surface area contributed by atoms with Crippen molar-refractivity contribution >= 4 is 39.3 Å². The van der Waals surface area contributed by atoms with Gasteiger partial charge >= 0.3 is 5.97 Å². The van der Waals surface area contributed by atoms with Crippen LogP contribution in [0.5, 0.6) is 5.75 Å². The van der Waals surface area contributed by atoms with Gasteiger partial charge in [-0.2, -0.15) is 0 Å². The molecule has 3 heterocycles. The van der Waals surface area contributed by atoms with Gasteiger partial charge in [-0.05, 0) is 49.2 Å². The van der Waals surface area contributed by atoms with Crippen molar-refractivity contribution < 1.29 is 23.5 Å². The van der Waals surface area contributed by atoms with E-state index < -0.39 is 17.9 Å². The Balaban J connectivity index is 1.46. The number of nitrogens with zero attached hydrogens (tertiary/aromatic N) is 2. The predicted molar refractivity (Wildman–Crippen MR) is 151 cm³/mol. The number of amides is 1. The van der Waals surface area contributed by atoms with Crippen molar-refractivity contribution in [2.75, 3.05) is 12.0 Å². The number of anilines is 1. The van der Waals surface area contributed by atoms with Gasteiger partial charge in [0, 0.05) is 0 Å². The fourth-order valence-electron chi connectivity index (χ4n) is 4.85. The third kappa shape index (κ3) is 4.34. The van der Waals surface area contributed by atoms with E-state index in [0.29, 0.717) is 34.6 Å². The molecule has 0 aliphatic carbocycles. The highest BCUT2D eigenvalue weighted by atomic mass is 32.1. The van der Waals surface area contributed by atoms with Crippen molar-refractivity contribution in [2.45, 2.75) is 26.5 Å². The van der Waals surface area contributed by atoms with E-state index in [9.17, 15) is 14.4 Å². The maximum absolute atomic E-state index is 13.9. The third-order valence-corrected chi connectivity index (χ3v) is 7.97. The summed E-state index contributed by atoms with van der Waals surface area (Å²) < 4.78 is 16.9. The molecular formula is C31H24N2O6S. The second-order valence-electron chi connectivity index (χ2n) is 9.50. The molecule has 1 aliphatic rings. The highest BCUT2D eigenvalue weighted by Crippen LogP contribution is 2.43. The van der Waals surface area contributed by atoms with Gasteiger partial charge in [-0.15, -0.1) is 0 Å². The van der Waals surface area contributed by atoms with E-state index in [-0.39, 0.29) is 26.8 Å². The first-order valence-corrected chi connectivity index (χ1v) is 13.4. The van der Waals surface area contributed by atoms with Crippen LogP contribution < -0.4 is 15.1 Å². The number of thiazole rings is 1. The van der Waals surface area contributed by atoms with Gasteiger partial charge < -0.3 is 13.9 Å². The standard InChI is InChI=1S/C31H24N2O6S/c1-17-9-14-23-22(15-17)26(34)24-25(20-10-12-21(13-11-20)38-16-19-7-5-4-6-8-19)33(29(35)27(24)39-23)31-32-18(2)28(40-31)30(36)37-3/h4-15,25H,16H2,1-3H3. The molecule has 3 aromatic carbocycles. The molecule has 5 aromatic rings. The zero-order valence-electron chi connectivity index (χ0n) is 22.0. The summed E-state index contributed by atoms with van der Waals surface area (Å²) in [5.74, 6) is -0.447. The minimum atomic E-state index is -0.817. The lowest BCUT2D eigenvalue weighted by Gasteiger charge is -2.22. The van der Waals surface area contributed by atoms with Crippen molar-refractivity contribution in [1.29, 1.82) is 0 Å². The molecule has 1 unspecified atom stereocenters. The maximum atomic E-state index is 13.9. The highest BCUT2D eigenvalue weighted by molar-refractivity contribution is 7.17. The van der Waals surface area contributed by atoms with Crippen molar-refractivity contribution in [1.82, 2.24) is 4.98 Å². The van der Waals surface area contributed by atoms with E-state index in [2.05, 4.69) is 4.98 Å². The van der Waals surface area contributed by atoms with Crippen LogP contribution in [0.25, 0.3) is 11.0 Å². The van der Waals surface area contributed by atoms with Gasteiger partial charge in [-0.3, -0.25) is 14.5 Å². The van der Waals surface area contributed by atoms with Crippen LogP contribution >= 0.6 is 11.3 Å². The zero-order valence-corrected chi connectivity index (χ0v) is 22.8. The van der Waals surface area contributed by atoms with Gasteiger partial charge in [0.2, 0.25) is 5.76 Å². The average Bonchev–Trinajstić information content (AvgIpc) is 3.49. The van der Waals surface area contributed by atoms with Gasteiger partial charge in [-0.25, -0.2) is 9.78 Å². The summed E-state index contributed by atoms with van der Waals surface area (Å²) in [7, 11) is 1.29. The van der Waals surface area contributed by atoms with Crippen LogP contribution in [-0.4, -0.2) is 24.0 Å². The zero-order chi connectivity index (χ0) is 28.0. The summed E-state index contributed by atoms with van der Waals surface area (Å²) in [6.45, 7) is 3.97. The van der Waals surface area contributed by atoms with Crippen molar-refractivity contribution in [3.05, 3.63) is 122 Å². The molecule has 1 atom stereocenters. The fraction of sp³-hybridized carbons (Fsp3) is 0.161. The number of methoxy groups -OCH3 is 1. The Morgan fingerprint density at radius 2 is 1.77 bits per heavy atom. The van der Waals surface area contributed by atoms with Crippen molar-refractivity contribution in [3.8, 4) is 5.75 Å². The lowest BCUT2D eigenvalue weighted by atomic mass is 9.98. The molecule has 9 heteroatoms. The lowest BCUT2D eigenvalue weighted by molar-refractivity contribution is 0.0605. The number of benzene rings is 3. The number of esters is 1. The second kappa shape index (κ2) is 10.1. The van der Waals surface area contributed by atoms with Crippen LogP contribution in [-0.2, 0) is 11.3 Å². The molecule has 6 rings (SSSR count). The van der Waals surface area contributed by atoms with Gasteiger partial charge in [0.05, 0.1) is 29.8 Å². The molecule has 0 N–H and O–H groups in total. The number of ether oxygens (including phenoxy) is 2. The van der Waals surface area contributed by atoms with E-state index in [1.54, 1.807) is 31.2 Å². The first-order valence-electron chi connectivity index (χ1n) is 12.6. The summed E-state index contributed by atoms with van der Waals surface area (Å²) in [4.78, 5) is 46.3. The number of hydrogen-bond donors (Lipinski definition) is 0. The van der Waals surface area contributed by atoms with E-state index in [1.165, 1.54) is 12.0 Å².